The van der Waals surface area contributed by atoms with Crippen LogP contribution in [0.5, 0.6) is 11.5 Å². The molecule has 0 spiro atoms. The zero-order valence-electron chi connectivity index (χ0n) is 14.1. The first-order valence-corrected chi connectivity index (χ1v) is 8.54. The lowest BCUT2D eigenvalue weighted by molar-refractivity contribution is 0.150. The molecule has 1 saturated heterocycles. The summed E-state index contributed by atoms with van der Waals surface area (Å²) in [7, 11) is 2.20. The molecule has 0 unspecified atom stereocenters. The van der Waals surface area contributed by atoms with Crippen molar-refractivity contribution in [2.24, 2.45) is 0 Å². The molecular weight excluding hydrogens is 276 g/mol. The van der Waals surface area contributed by atoms with E-state index in [-0.39, 0.29) is 0 Å². The van der Waals surface area contributed by atoms with Crippen LogP contribution >= 0.6 is 0 Å². The molecule has 1 fully saturated rings. The third-order valence-corrected chi connectivity index (χ3v) is 4.03. The largest absolute Gasteiger partial charge is 0.494 e. The Morgan fingerprint density at radius 1 is 0.864 bits per heavy atom. The van der Waals surface area contributed by atoms with E-state index in [1.54, 1.807) is 0 Å². The average molecular weight is 306 g/mol. The summed E-state index contributed by atoms with van der Waals surface area (Å²) >= 11 is 0. The maximum atomic E-state index is 5.79. The zero-order chi connectivity index (χ0) is 15.6. The van der Waals surface area contributed by atoms with Crippen LogP contribution in [0.3, 0.4) is 0 Å². The Labute approximate surface area is 135 Å². The fourth-order valence-electron chi connectivity index (χ4n) is 2.55. The second kappa shape index (κ2) is 9.70. The van der Waals surface area contributed by atoms with E-state index in [4.69, 9.17) is 9.47 Å². The molecule has 0 aliphatic carbocycles. The first kappa shape index (κ1) is 17.1. The zero-order valence-corrected chi connectivity index (χ0v) is 14.1. The monoisotopic (exact) mass is 306 g/mol. The molecule has 0 atom stereocenters. The highest BCUT2D eigenvalue weighted by Crippen LogP contribution is 2.18. The van der Waals surface area contributed by atoms with Gasteiger partial charge in [0.05, 0.1) is 13.2 Å². The molecule has 124 valence electrons. The molecule has 0 amide bonds. The minimum Gasteiger partial charge on any atom is -0.494 e. The summed E-state index contributed by atoms with van der Waals surface area (Å²) in [6.07, 6.45) is 3.35. The summed E-state index contributed by atoms with van der Waals surface area (Å²) in [6.45, 7) is 9.68. The van der Waals surface area contributed by atoms with Crippen LogP contribution in [0.4, 0.5) is 0 Å². The molecule has 1 heterocycles. The summed E-state index contributed by atoms with van der Waals surface area (Å²) in [6, 6.07) is 7.95. The minimum absolute atomic E-state index is 0.770. The van der Waals surface area contributed by atoms with Crippen LogP contribution in [0.25, 0.3) is 0 Å². The van der Waals surface area contributed by atoms with Crippen molar-refractivity contribution in [2.75, 3.05) is 53.0 Å². The minimum atomic E-state index is 0.770. The SMILES string of the molecule is CCCOc1ccc(OCCCCN2CCN(C)CC2)cc1. The van der Waals surface area contributed by atoms with Gasteiger partial charge in [-0.1, -0.05) is 6.92 Å². The van der Waals surface area contributed by atoms with Gasteiger partial charge in [-0.25, -0.2) is 0 Å². The molecule has 2 rings (SSSR count). The second-order valence-corrected chi connectivity index (χ2v) is 6.02. The highest BCUT2D eigenvalue weighted by atomic mass is 16.5. The topological polar surface area (TPSA) is 24.9 Å². The van der Waals surface area contributed by atoms with E-state index in [9.17, 15) is 0 Å². The number of likely N-dealkylation sites (N-methyl/N-ethyl adjacent to an activating group) is 1. The van der Waals surface area contributed by atoms with Gasteiger partial charge in [-0.05, 0) is 57.1 Å². The van der Waals surface area contributed by atoms with Gasteiger partial charge in [0.1, 0.15) is 11.5 Å². The molecule has 0 aromatic heterocycles. The lowest BCUT2D eigenvalue weighted by atomic mass is 10.2. The van der Waals surface area contributed by atoms with Gasteiger partial charge in [-0.2, -0.15) is 0 Å². The van der Waals surface area contributed by atoms with Gasteiger partial charge in [-0.15, -0.1) is 0 Å². The van der Waals surface area contributed by atoms with Crippen LogP contribution in [0.2, 0.25) is 0 Å². The predicted octanol–water partition coefficient (Wildman–Crippen LogP) is 2.88. The maximum Gasteiger partial charge on any atom is 0.119 e. The van der Waals surface area contributed by atoms with Gasteiger partial charge in [0.2, 0.25) is 0 Å². The van der Waals surface area contributed by atoms with E-state index in [0.717, 1.165) is 37.6 Å². The molecule has 1 aliphatic rings. The first-order valence-electron chi connectivity index (χ1n) is 8.54. The van der Waals surface area contributed by atoms with Crippen molar-refractivity contribution in [1.82, 2.24) is 9.80 Å². The standard InChI is InChI=1S/C18H30N2O2/c1-3-15-21-17-6-8-18(9-7-17)22-16-5-4-10-20-13-11-19(2)12-14-20/h6-9H,3-5,10-16H2,1-2H3. The molecule has 1 aromatic rings. The molecule has 1 aromatic carbocycles. The molecular formula is C18H30N2O2. The number of hydrogen-bond acceptors (Lipinski definition) is 4. The smallest absolute Gasteiger partial charge is 0.119 e. The Morgan fingerprint density at radius 3 is 2.05 bits per heavy atom. The van der Waals surface area contributed by atoms with Crippen LogP contribution in [0, 0.1) is 0 Å². The molecule has 0 N–H and O–H groups in total. The quantitative estimate of drug-likeness (QED) is 0.655. The van der Waals surface area contributed by atoms with E-state index in [2.05, 4.69) is 23.8 Å². The summed E-state index contributed by atoms with van der Waals surface area (Å²) < 4.78 is 11.4. The number of ether oxygens (including phenoxy) is 2. The number of rotatable bonds is 9. The van der Waals surface area contributed by atoms with Crippen LogP contribution in [0.1, 0.15) is 26.2 Å². The third kappa shape index (κ3) is 6.24. The summed E-state index contributed by atoms with van der Waals surface area (Å²) in [4.78, 5) is 4.95. The van der Waals surface area contributed by atoms with E-state index in [0.29, 0.717) is 0 Å². The number of benzene rings is 1. The molecule has 4 heteroatoms. The van der Waals surface area contributed by atoms with Crippen molar-refractivity contribution in [3.8, 4) is 11.5 Å². The van der Waals surface area contributed by atoms with E-state index in [1.165, 1.54) is 39.1 Å². The summed E-state index contributed by atoms with van der Waals surface area (Å²) in [5.41, 5.74) is 0. The summed E-state index contributed by atoms with van der Waals surface area (Å²) in [5, 5.41) is 0. The predicted molar refractivity (Wildman–Crippen MR) is 90.9 cm³/mol. The van der Waals surface area contributed by atoms with Crippen molar-refractivity contribution >= 4 is 0 Å². The lowest BCUT2D eigenvalue weighted by Gasteiger charge is -2.32. The van der Waals surface area contributed by atoms with Crippen molar-refractivity contribution in [2.45, 2.75) is 26.2 Å². The van der Waals surface area contributed by atoms with Crippen LogP contribution < -0.4 is 9.47 Å². The summed E-state index contributed by atoms with van der Waals surface area (Å²) in [5.74, 6) is 1.85. The van der Waals surface area contributed by atoms with E-state index in [1.807, 2.05) is 24.3 Å². The van der Waals surface area contributed by atoms with Crippen molar-refractivity contribution in [1.29, 1.82) is 0 Å². The number of unbranched alkanes of at least 4 members (excludes halogenated alkanes) is 1. The normalized spacial score (nSPS) is 16.6. The van der Waals surface area contributed by atoms with Gasteiger partial charge in [0.15, 0.2) is 0 Å². The van der Waals surface area contributed by atoms with Gasteiger partial charge in [0.25, 0.3) is 0 Å². The highest BCUT2D eigenvalue weighted by molar-refractivity contribution is 5.31. The van der Waals surface area contributed by atoms with Crippen LogP contribution in [0.15, 0.2) is 24.3 Å². The fraction of sp³-hybridized carbons (Fsp3) is 0.667. The average Bonchev–Trinajstić information content (AvgIpc) is 2.55. The van der Waals surface area contributed by atoms with Gasteiger partial charge >= 0.3 is 0 Å². The molecule has 0 saturated carbocycles. The highest BCUT2D eigenvalue weighted by Gasteiger charge is 2.12. The maximum absolute atomic E-state index is 5.79. The van der Waals surface area contributed by atoms with Crippen LogP contribution in [-0.2, 0) is 0 Å². The molecule has 1 aliphatic heterocycles. The van der Waals surface area contributed by atoms with Gasteiger partial charge in [-0.3, -0.25) is 0 Å². The van der Waals surface area contributed by atoms with Crippen molar-refractivity contribution in [3.05, 3.63) is 24.3 Å². The molecule has 0 bridgehead atoms. The lowest BCUT2D eigenvalue weighted by Crippen LogP contribution is -2.44. The van der Waals surface area contributed by atoms with Gasteiger partial charge < -0.3 is 19.3 Å². The Balaban J connectivity index is 1.54. The first-order chi connectivity index (χ1) is 10.8. The van der Waals surface area contributed by atoms with Crippen LogP contribution in [-0.4, -0.2) is 62.8 Å². The fourth-order valence-corrected chi connectivity index (χ4v) is 2.55. The Kier molecular flexibility index (Phi) is 7.54. The van der Waals surface area contributed by atoms with E-state index >= 15 is 0 Å². The van der Waals surface area contributed by atoms with Crippen molar-refractivity contribution in [3.63, 3.8) is 0 Å². The Bertz CT molecular complexity index is 400. The Hall–Kier alpha value is -1.26. The van der Waals surface area contributed by atoms with Gasteiger partial charge in [0, 0.05) is 26.2 Å². The van der Waals surface area contributed by atoms with E-state index < -0.39 is 0 Å². The Morgan fingerprint density at radius 2 is 1.45 bits per heavy atom. The molecule has 0 radical (unpaired) electrons. The number of nitrogens with zero attached hydrogens (tertiary/aromatic N) is 2. The molecule has 22 heavy (non-hydrogen) atoms. The third-order valence-electron chi connectivity index (χ3n) is 4.03. The number of piperazine rings is 1. The van der Waals surface area contributed by atoms with Crippen molar-refractivity contribution < 1.29 is 9.47 Å². The second-order valence-electron chi connectivity index (χ2n) is 6.02. The number of hydrogen-bond donors (Lipinski definition) is 0. The molecule has 4 nitrogen and oxygen atoms in total.